The van der Waals surface area contributed by atoms with Gasteiger partial charge in [0.05, 0.1) is 5.02 Å². The summed E-state index contributed by atoms with van der Waals surface area (Å²) in [5.74, 6) is 1.28. The number of oxazole rings is 1. The first-order valence-corrected chi connectivity index (χ1v) is 11.5. The SMILES string of the molecule is CCC(C)c1ccc(OCC(=O)Nc2cc(-c3nc4cc(Cl)cc(Cl)c4o3)ccc2C)cc1. The monoisotopic (exact) mass is 482 g/mol. The van der Waals surface area contributed by atoms with Crippen molar-refractivity contribution in [2.24, 2.45) is 0 Å². The molecule has 1 atom stereocenters. The second-order valence-electron chi connectivity index (χ2n) is 8.00. The number of hydrogen-bond acceptors (Lipinski definition) is 4. The van der Waals surface area contributed by atoms with Gasteiger partial charge in [-0.25, -0.2) is 4.98 Å². The number of nitrogens with zero attached hydrogens (tertiary/aromatic N) is 1. The molecule has 0 saturated carbocycles. The second kappa shape index (κ2) is 9.86. The van der Waals surface area contributed by atoms with Gasteiger partial charge in [-0.2, -0.15) is 0 Å². The lowest BCUT2D eigenvalue weighted by Gasteiger charge is -2.12. The molecule has 0 radical (unpaired) electrons. The summed E-state index contributed by atoms with van der Waals surface area (Å²) >= 11 is 12.3. The number of carbonyl (C=O) groups is 1. The van der Waals surface area contributed by atoms with E-state index in [0.29, 0.717) is 50.0 Å². The van der Waals surface area contributed by atoms with E-state index >= 15 is 0 Å². The fraction of sp³-hybridized carbons (Fsp3) is 0.231. The van der Waals surface area contributed by atoms with Crippen LogP contribution < -0.4 is 10.1 Å². The zero-order valence-electron chi connectivity index (χ0n) is 18.6. The van der Waals surface area contributed by atoms with Gasteiger partial charge >= 0.3 is 0 Å². The number of benzene rings is 3. The summed E-state index contributed by atoms with van der Waals surface area (Å²) in [4.78, 5) is 17.0. The van der Waals surface area contributed by atoms with Crippen LogP contribution in [0.3, 0.4) is 0 Å². The van der Waals surface area contributed by atoms with Crippen LogP contribution in [-0.2, 0) is 4.79 Å². The largest absolute Gasteiger partial charge is 0.484 e. The smallest absolute Gasteiger partial charge is 0.262 e. The maximum absolute atomic E-state index is 12.5. The summed E-state index contributed by atoms with van der Waals surface area (Å²) in [7, 11) is 0. The Balaban J connectivity index is 1.46. The van der Waals surface area contributed by atoms with Crippen molar-refractivity contribution in [3.8, 4) is 17.2 Å². The van der Waals surface area contributed by atoms with Gasteiger partial charge in [0.15, 0.2) is 12.2 Å². The van der Waals surface area contributed by atoms with Crippen LogP contribution in [0.4, 0.5) is 5.69 Å². The van der Waals surface area contributed by atoms with Gasteiger partial charge in [-0.05, 0) is 66.8 Å². The first kappa shape index (κ1) is 23.1. The number of rotatable bonds is 7. The van der Waals surface area contributed by atoms with Crippen LogP contribution in [0.15, 0.2) is 59.0 Å². The molecule has 0 aliphatic heterocycles. The van der Waals surface area contributed by atoms with Crippen LogP contribution in [0.2, 0.25) is 10.0 Å². The van der Waals surface area contributed by atoms with E-state index in [4.69, 9.17) is 32.4 Å². The molecule has 1 aromatic heterocycles. The Hall–Kier alpha value is -3.02. The highest BCUT2D eigenvalue weighted by molar-refractivity contribution is 6.38. The van der Waals surface area contributed by atoms with E-state index in [2.05, 4.69) is 24.1 Å². The number of carbonyl (C=O) groups excluding carboxylic acids is 1. The molecule has 33 heavy (non-hydrogen) atoms. The molecule has 1 unspecified atom stereocenters. The Labute approximate surface area is 202 Å². The Bertz CT molecular complexity index is 1300. The van der Waals surface area contributed by atoms with Gasteiger partial charge in [0.2, 0.25) is 5.89 Å². The van der Waals surface area contributed by atoms with E-state index in [1.54, 1.807) is 12.1 Å². The van der Waals surface area contributed by atoms with E-state index in [1.807, 2.05) is 49.4 Å². The quantitative estimate of drug-likeness (QED) is 0.293. The molecule has 5 nitrogen and oxygen atoms in total. The van der Waals surface area contributed by atoms with Gasteiger partial charge in [-0.15, -0.1) is 0 Å². The lowest BCUT2D eigenvalue weighted by molar-refractivity contribution is -0.118. The molecular weight excluding hydrogens is 459 g/mol. The third-order valence-electron chi connectivity index (χ3n) is 5.60. The molecule has 7 heteroatoms. The number of aromatic nitrogens is 1. The molecule has 1 N–H and O–H groups in total. The van der Waals surface area contributed by atoms with E-state index in [9.17, 15) is 4.79 Å². The van der Waals surface area contributed by atoms with E-state index in [0.717, 1.165) is 12.0 Å². The third-order valence-corrected chi connectivity index (χ3v) is 6.10. The average molecular weight is 483 g/mol. The number of nitrogens with one attached hydrogen (secondary N) is 1. The molecular formula is C26H24Cl2N2O3. The zero-order valence-corrected chi connectivity index (χ0v) is 20.1. The molecule has 1 heterocycles. The molecule has 0 aliphatic carbocycles. The van der Waals surface area contributed by atoms with Crippen molar-refractivity contribution in [1.82, 2.24) is 4.98 Å². The van der Waals surface area contributed by atoms with Crippen LogP contribution >= 0.6 is 23.2 Å². The second-order valence-corrected chi connectivity index (χ2v) is 8.84. The lowest BCUT2D eigenvalue weighted by atomic mass is 9.99. The van der Waals surface area contributed by atoms with Crippen LogP contribution in [0, 0.1) is 6.92 Å². The van der Waals surface area contributed by atoms with Gasteiger partial charge in [0.25, 0.3) is 5.91 Å². The number of ether oxygens (including phenoxy) is 1. The Morgan fingerprint density at radius 1 is 1.12 bits per heavy atom. The fourth-order valence-corrected chi connectivity index (χ4v) is 3.96. The lowest BCUT2D eigenvalue weighted by Crippen LogP contribution is -2.20. The molecule has 4 aromatic rings. The minimum atomic E-state index is -0.256. The number of halogens is 2. The predicted molar refractivity (Wildman–Crippen MR) is 133 cm³/mol. The van der Waals surface area contributed by atoms with Crippen LogP contribution in [-0.4, -0.2) is 17.5 Å². The number of anilines is 1. The first-order chi connectivity index (χ1) is 15.8. The molecule has 0 spiro atoms. The highest BCUT2D eigenvalue weighted by Crippen LogP contribution is 2.33. The molecule has 0 aliphatic rings. The summed E-state index contributed by atoms with van der Waals surface area (Å²) < 4.78 is 11.5. The van der Waals surface area contributed by atoms with E-state index in [1.165, 1.54) is 5.56 Å². The minimum Gasteiger partial charge on any atom is -0.484 e. The van der Waals surface area contributed by atoms with E-state index in [-0.39, 0.29) is 12.5 Å². The minimum absolute atomic E-state index is 0.0939. The number of fused-ring (bicyclic) bond motifs is 1. The zero-order chi connectivity index (χ0) is 23.5. The number of hydrogen-bond donors (Lipinski definition) is 1. The summed E-state index contributed by atoms with van der Waals surface area (Å²) in [6.07, 6.45) is 1.07. The van der Waals surface area contributed by atoms with Crippen molar-refractivity contribution in [3.63, 3.8) is 0 Å². The molecule has 4 rings (SSSR count). The van der Waals surface area contributed by atoms with Crippen LogP contribution in [0.1, 0.15) is 37.3 Å². The number of aryl methyl sites for hydroxylation is 1. The van der Waals surface area contributed by atoms with Crippen molar-refractivity contribution in [2.75, 3.05) is 11.9 Å². The normalized spacial score (nSPS) is 12.0. The van der Waals surface area contributed by atoms with Crippen molar-refractivity contribution >= 4 is 45.9 Å². The molecule has 0 saturated heterocycles. The molecule has 0 bridgehead atoms. The van der Waals surface area contributed by atoms with Gasteiger partial charge < -0.3 is 14.5 Å². The predicted octanol–water partition coefficient (Wildman–Crippen LogP) is 7.64. The van der Waals surface area contributed by atoms with Crippen molar-refractivity contribution in [2.45, 2.75) is 33.1 Å². The number of amides is 1. The Morgan fingerprint density at radius 2 is 1.88 bits per heavy atom. The summed E-state index contributed by atoms with van der Waals surface area (Å²) in [6, 6.07) is 16.7. The van der Waals surface area contributed by atoms with Gasteiger partial charge in [0, 0.05) is 16.3 Å². The standard InChI is InChI=1S/C26H24Cl2N2O3/c1-4-15(2)17-7-9-20(10-8-17)32-14-24(31)29-22-11-18(6-5-16(22)3)26-30-23-13-19(27)12-21(28)25(23)33-26/h5-13,15H,4,14H2,1-3H3,(H,29,31). The third kappa shape index (κ3) is 5.32. The van der Waals surface area contributed by atoms with E-state index < -0.39 is 0 Å². The van der Waals surface area contributed by atoms with Gasteiger partial charge in [0.1, 0.15) is 11.3 Å². The topological polar surface area (TPSA) is 64.4 Å². The maximum Gasteiger partial charge on any atom is 0.262 e. The molecule has 1 amide bonds. The Morgan fingerprint density at radius 3 is 2.61 bits per heavy atom. The van der Waals surface area contributed by atoms with Crippen molar-refractivity contribution in [3.05, 3.63) is 75.8 Å². The van der Waals surface area contributed by atoms with Crippen LogP contribution in [0.25, 0.3) is 22.6 Å². The van der Waals surface area contributed by atoms with Gasteiger partial charge in [-0.1, -0.05) is 55.2 Å². The molecule has 170 valence electrons. The summed E-state index contributed by atoms with van der Waals surface area (Å²) in [5, 5.41) is 3.78. The fourth-order valence-electron chi connectivity index (χ4n) is 3.44. The molecule has 3 aromatic carbocycles. The van der Waals surface area contributed by atoms with Gasteiger partial charge in [-0.3, -0.25) is 4.79 Å². The summed E-state index contributed by atoms with van der Waals surface area (Å²) in [6.45, 7) is 6.16. The van der Waals surface area contributed by atoms with Crippen LogP contribution in [0.5, 0.6) is 5.75 Å². The Kier molecular flexibility index (Phi) is 6.91. The molecule has 0 fully saturated rings. The maximum atomic E-state index is 12.5. The van der Waals surface area contributed by atoms with Crippen molar-refractivity contribution < 1.29 is 13.9 Å². The highest BCUT2D eigenvalue weighted by atomic mass is 35.5. The van der Waals surface area contributed by atoms with Crippen molar-refractivity contribution in [1.29, 1.82) is 0 Å². The summed E-state index contributed by atoms with van der Waals surface area (Å²) in [5.41, 5.74) is 4.56. The average Bonchev–Trinajstić information content (AvgIpc) is 3.23. The highest BCUT2D eigenvalue weighted by Gasteiger charge is 2.14. The first-order valence-electron chi connectivity index (χ1n) is 10.7.